The van der Waals surface area contributed by atoms with Crippen LogP contribution in [0.5, 0.6) is 34.5 Å². The largest absolute Gasteiger partial charge is 3.00 e. The van der Waals surface area contributed by atoms with Crippen LogP contribution in [0.2, 0.25) is 0 Å². The number of hydrogen-bond donors (Lipinski definition) is 3. The average molecular weight is 1730 g/mol. The smallest absolute Gasteiger partial charge is 0.527 e. The number of aromatic hydroxyl groups is 3. The number of rotatable bonds is 13. The summed E-state index contributed by atoms with van der Waals surface area (Å²) >= 11 is 4.87. The number of nitrogens with zero attached hydrogens (tertiary/aromatic N) is 6. The summed E-state index contributed by atoms with van der Waals surface area (Å²) in [5.74, 6) is 0.778. The van der Waals surface area contributed by atoms with Crippen LogP contribution in [-0.2, 0) is 59.4 Å². The van der Waals surface area contributed by atoms with Crippen molar-refractivity contribution >= 4 is 34.8 Å². The van der Waals surface area contributed by atoms with Crippen molar-refractivity contribution in [1.82, 2.24) is 29.9 Å². The molecule has 0 amide bonds. The summed E-state index contributed by atoms with van der Waals surface area (Å²) in [4.78, 5) is 69.1. The number of benzene rings is 6. The summed E-state index contributed by atoms with van der Waals surface area (Å²) < 4.78 is 15.5. The number of pyridine rings is 6. The summed E-state index contributed by atoms with van der Waals surface area (Å²) in [5, 5.41) is 27.2. The zero-order valence-corrected chi connectivity index (χ0v) is 60.6. The van der Waals surface area contributed by atoms with E-state index in [1.54, 1.807) is 174 Å². The molecule has 19 heteroatoms. The molecule has 0 aliphatic heterocycles. The fraction of sp³-hybridized carbons (Fsp3) is 0.0602. The molecule has 0 unspecified atom stereocenters. The average Bonchev–Trinajstić information content (AvgIpc) is 0.866. The number of carbonyl (C=O) groups is 4. The molecule has 0 saturated heterocycles. The van der Waals surface area contributed by atoms with E-state index in [4.69, 9.17) is 25.8 Å². The molecule has 0 aliphatic rings. The maximum absolute atomic E-state index is 11.4. The van der Waals surface area contributed by atoms with Gasteiger partial charge in [0.15, 0.2) is 0 Å². The van der Waals surface area contributed by atoms with Gasteiger partial charge >= 0.3 is 58.1 Å². The molecule has 3 N–H and O–H groups in total. The van der Waals surface area contributed by atoms with Crippen LogP contribution in [0, 0.1) is 36.4 Å². The Morgan fingerprint density at radius 3 is 0.667 bits per heavy atom. The summed E-state index contributed by atoms with van der Waals surface area (Å²) in [5.41, 5.74) is 11.0. The van der Waals surface area contributed by atoms with Crippen LogP contribution in [0.25, 0.3) is 67.5 Å². The first-order valence-electron chi connectivity index (χ1n) is 29.9. The number of allylic oxidation sites excluding steroid dienone is 1. The summed E-state index contributed by atoms with van der Waals surface area (Å²) in [6.45, 7) is 20.3. The molecule has 0 saturated carbocycles. The standard InChI is InChI=1S/3C15H12NO2.3C11H8NO.C4H5ClO.CH4.2Ir/c3*1-11(2)15(17)18-13-7-5-6-12(10-13)14-8-3-4-9-16-14;3*13-10-5-3-4-9(8-10)11-6-1-2-7-12-11;1-3(2)4(5)6;;;/h3*3-5,7-10H,1H2,2H3;3*1-3,5-8,13H;1H2,2H3;1H4;;/q6*-1;;;2*+3. The molecule has 12 rings (SSSR count). The van der Waals surface area contributed by atoms with Crippen molar-refractivity contribution < 1.29 is 88.9 Å². The van der Waals surface area contributed by atoms with E-state index in [-0.39, 0.29) is 64.9 Å². The van der Waals surface area contributed by atoms with Gasteiger partial charge in [0.25, 0.3) is 0 Å². The third-order valence-electron chi connectivity index (χ3n) is 12.3. The van der Waals surface area contributed by atoms with Gasteiger partial charge in [0.05, 0.1) is 17.2 Å². The van der Waals surface area contributed by atoms with Gasteiger partial charge in [0.2, 0.25) is 5.24 Å². The number of carbonyl (C=O) groups excluding carboxylic acids is 4. The topological polar surface area (TPSA) is 234 Å². The van der Waals surface area contributed by atoms with Crippen LogP contribution in [0.1, 0.15) is 35.1 Å². The minimum atomic E-state index is -0.463. The normalized spacial score (nSPS) is 9.42. The molecule has 6 aromatic heterocycles. The summed E-state index contributed by atoms with van der Waals surface area (Å²) in [6, 6.07) is 81.9. The first-order chi connectivity index (χ1) is 47.7. The Bertz CT molecular complexity index is 4160. The van der Waals surface area contributed by atoms with Gasteiger partial charge in [0.1, 0.15) is 0 Å². The quantitative estimate of drug-likeness (QED) is 0.0320. The molecule has 6 heterocycles. The van der Waals surface area contributed by atoms with Crippen molar-refractivity contribution in [3.05, 3.63) is 341 Å². The van der Waals surface area contributed by atoms with Gasteiger partial charge in [-0.05, 0) is 110 Å². The maximum atomic E-state index is 11.4. The van der Waals surface area contributed by atoms with Gasteiger partial charge in [-0.1, -0.05) is 107 Å². The van der Waals surface area contributed by atoms with Crippen molar-refractivity contribution in [2.75, 3.05) is 0 Å². The molecule has 102 heavy (non-hydrogen) atoms. The van der Waals surface area contributed by atoms with Gasteiger partial charge in [-0.25, -0.2) is 14.4 Å². The number of aromatic nitrogens is 6. The molecule has 516 valence electrons. The van der Waals surface area contributed by atoms with Gasteiger partial charge in [0, 0.05) is 76.7 Å². The van der Waals surface area contributed by atoms with E-state index >= 15 is 0 Å². The molecule has 0 bridgehead atoms. The van der Waals surface area contributed by atoms with Gasteiger partial charge in [-0.15, -0.1) is 179 Å². The van der Waals surface area contributed by atoms with Crippen molar-refractivity contribution in [2.24, 2.45) is 0 Å². The second-order valence-corrected chi connectivity index (χ2v) is 20.9. The third kappa shape index (κ3) is 30.6. The number of esters is 3. The Kier molecular flexibility index (Phi) is 37.9. The number of phenolic OH excluding ortho intramolecular Hbond substituents is 3. The van der Waals surface area contributed by atoms with Crippen molar-refractivity contribution in [3.63, 3.8) is 0 Å². The second-order valence-electron chi connectivity index (χ2n) is 20.5. The molecule has 0 aliphatic carbocycles. The molecule has 6 aromatic carbocycles. The Morgan fingerprint density at radius 1 is 0.324 bits per heavy atom. The van der Waals surface area contributed by atoms with Crippen LogP contribution in [-0.4, -0.2) is 68.4 Å². The van der Waals surface area contributed by atoms with Crippen LogP contribution in [0.15, 0.2) is 304 Å². The van der Waals surface area contributed by atoms with Gasteiger partial charge < -0.3 is 59.4 Å². The first kappa shape index (κ1) is 84.5. The minimum Gasteiger partial charge on any atom is -0.527 e. The SMILES string of the molecule is C.C=C(C)C(=O)Cl.C=C(C)C(=O)Oc1cc[c-]c(-c2ccccn2)c1.C=C(C)C(=O)Oc1cc[c-]c(-c2ccccn2)c1.C=C(C)C(=O)Oc1cc[c-]c(-c2ccccn2)c1.Oc1cc[c-]c(-c2ccccn2)c1.Oc1cc[c-]c(-c2ccccn2)c1.Oc1cc[c-]c(-c2ccccn2)c1.[Ir+3].[Ir+3]. The van der Waals surface area contributed by atoms with Crippen LogP contribution < -0.4 is 14.2 Å². The number of hydrogen-bond acceptors (Lipinski definition) is 16. The van der Waals surface area contributed by atoms with Crippen LogP contribution in [0.3, 0.4) is 0 Å². The fourth-order valence-corrected chi connectivity index (χ4v) is 7.49. The van der Waals surface area contributed by atoms with E-state index in [1.165, 1.54) is 0 Å². The van der Waals surface area contributed by atoms with E-state index in [2.05, 4.69) is 92.6 Å². The van der Waals surface area contributed by atoms with E-state index < -0.39 is 23.2 Å². The van der Waals surface area contributed by atoms with E-state index in [1.807, 2.05) is 109 Å². The monoisotopic (exact) mass is 1730 g/mol. The Hall–Kier alpha value is -11.8. The molecular weight excluding hydrogens is 1660 g/mol. The molecular formula is C83H69ClIr2N6O10. The minimum absolute atomic E-state index is 0. The second kappa shape index (κ2) is 45.8. The van der Waals surface area contributed by atoms with Crippen molar-refractivity contribution in [2.45, 2.75) is 35.1 Å². The molecule has 0 fully saturated rings. The number of ether oxygens (including phenoxy) is 3. The first-order valence-corrected chi connectivity index (χ1v) is 30.2. The number of halogens is 1. The van der Waals surface area contributed by atoms with Gasteiger partial charge in [-0.2, -0.15) is 0 Å². The fourth-order valence-electron chi connectivity index (χ4n) is 7.49. The predicted molar refractivity (Wildman–Crippen MR) is 390 cm³/mol. The summed E-state index contributed by atoms with van der Waals surface area (Å²) in [7, 11) is 0. The Labute approximate surface area is 626 Å². The molecule has 12 aromatic rings. The zero-order chi connectivity index (χ0) is 71.3. The van der Waals surface area contributed by atoms with Crippen LogP contribution >= 0.6 is 11.6 Å². The zero-order valence-electron chi connectivity index (χ0n) is 55.0. The molecule has 0 atom stereocenters. The molecule has 0 spiro atoms. The molecule has 16 nitrogen and oxygen atoms in total. The maximum Gasteiger partial charge on any atom is 3.00 e. The van der Waals surface area contributed by atoms with E-state index in [0.29, 0.717) is 39.5 Å². The third-order valence-corrected chi connectivity index (χ3v) is 12.7. The number of phenols is 3. The van der Waals surface area contributed by atoms with Gasteiger partial charge in [-0.3, -0.25) is 4.79 Å². The summed E-state index contributed by atoms with van der Waals surface area (Å²) in [6.07, 6.45) is 10.3. The van der Waals surface area contributed by atoms with Crippen molar-refractivity contribution in [1.29, 1.82) is 0 Å². The van der Waals surface area contributed by atoms with E-state index in [0.717, 1.165) is 67.5 Å². The predicted octanol–water partition coefficient (Wildman–Crippen LogP) is 17.8. The van der Waals surface area contributed by atoms with E-state index in [9.17, 15) is 34.5 Å². The Balaban J connectivity index is 0.000000313. The van der Waals surface area contributed by atoms with Crippen molar-refractivity contribution in [3.8, 4) is 102 Å². The van der Waals surface area contributed by atoms with Crippen LogP contribution in [0.4, 0.5) is 0 Å². The Morgan fingerprint density at radius 2 is 0.510 bits per heavy atom. The molecule has 0 radical (unpaired) electrons.